The maximum Gasteiger partial charge on any atom is 0.256 e. The molecule has 26 heavy (non-hydrogen) atoms. The Morgan fingerprint density at radius 2 is 2.00 bits per heavy atom. The van der Waals surface area contributed by atoms with Crippen molar-refractivity contribution in [2.75, 3.05) is 31.6 Å². The van der Waals surface area contributed by atoms with Crippen LogP contribution in [0.1, 0.15) is 15.9 Å². The molecule has 2 aromatic heterocycles. The molecular weight excluding hydrogens is 330 g/mol. The summed E-state index contributed by atoms with van der Waals surface area (Å²) in [6, 6.07) is 11.9. The molecule has 1 aliphatic rings. The lowest BCUT2D eigenvalue weighted by atomic mass is 10.1. The van der Waals surface area contributed by atoms with Crippen molar-refractivity contribution in [3.63, 3.8) is 0 Å². The quantitative estimate of drug-likeness (QED) is 0.779. The number of ether oxygens (including phenoxy) is 1. The van der Waals surface area contributed by atoms with E-state index in [0.717, 1.165) is 11.1 Å². The zero-order valence-electron chi connectivity index (χ0n) is 14.7. The number of rotatable bonds is 4. The number of benzene rings is 1. The molecule has 1 N–H and O–H groups in total. The van der Waals surface area contributed by atoms with Crippen LogP contribution in [0.15, 0.2) is 42.7 Å². The molecule has 0 saturated carbocycles. The first kappa shape index (κ1) is 16.5. The summed E-state index contributed by atoms with van der Waals surface area (Å²) in [5.74, 6) is 0.642. The number of imidazole rings is 1. The van der Waals surface area contributed by atoms with Gasteiger partial charge in [0, 0.05) is 26.7 Å². The van der Waals surface area contributed by atoms with E-state index in [0.29, 0.717) is 49.9 Å². The number of anilines is 1. The molecular formula is C19H21N5O2. The maximum atomic E-state index is 13.1. The Morgan fingerprint density at radius 1 is 1.23 bits per heavy atom. The van der Waals surface area contributed by atoms with Gasteiger partial charge in [-0.15, -0.1) is 0 Å². The van der Waals surface area contributed by atoms with E-state index in [-0.39, 0.29) is 5.91 Å². The molecule has 1 amide bonds. The fourth-order valence-corrected chi connectivity index (χ4v) is 3.14. The Hall–Kier alpha value is -2.93. The lowest BCUT2D eigenvalue weighted by Gasteiger charge is -2.27. The van der Waals surface area contributed by atoms with Gasteiger partial charge in [0.05, 0.1) is 25.1 Å². The molecule has 0 atom stereocenters. The third-order valence-electron chi connectivity index (χ3n) is 4.53. The van der Waals surface area contributed by atoms with Gasteiger partial charge in [0.1, 0.15) is 11.3 Å². The number of fused-ring (bicyclic) bond motifs is 1. The summed E-state index contributed by atoms with van der Waals surface area (Å²) < 4.78 is 7.20. The topological polar surface area (TPSA) is 72.3 Å². The molecule has 1 fully saturated rings. The molecule has 3 aromatic rings. The van der Waals surface area contributed by atoms with Gasteiger partial charge in [-0.25, -0.2) is 9.97 Å². The Kier molecular flexibility index (Phi) is 4.53. The summed E-state index contributed by atoms with van der Waals surface area (Å²) in [5.41, 5.74) is 3.10. The minimum atomic E-state index is -0.00735. The molecule has 0 radical (unpaired) electrons. The van der Waals surface area contributed by atoms with E-state index in [4.69, 9.17) is 4.74 Å². The van der Waals surface area contributed by atoms with E-state index >= 15 is 0 Å². The molecule has 7 nitrogen and oxygen atoms in total. The van der Waals surface area contributed by atoms with E-state index < -0.39 is 0 Å². The van der Waals surface area contributed by atoms with E-state index in [9.17, 15) is 4.79 Å². The van der Waals surface area contributed by atoms with Crippen molar-refractivity contribution < 1.29 is 9.53 Å². The van der Waals surface area contributed by atoms with Crippen molar-refractivity contribution in [1.29, 1.82) is 0 Å². The summed E-state index contributed by atoms with van der Waals surface area (Å²) in [5, 5.41) is 3.30. The molecule has 7 heteroatoms. The van der Waals surface area contributed by atoms with Crippen LogP contribution < -0.4 is 5.32 Å². The average Bonchev–Trinajstić information content (AvgIpc) is 3.07. The normalized spacial score (nSPS) is 14.6. The SMILES string of the molecule is Cn1cnc2nc(NCc3ccccc3)cc(C(=O)N3CCOCC3)c21. The fourth-order valence-electron chi connectivity index (χ4n) is 3.14. The highest BCUT2D eigenvalue weighted by Crippen LogP contribution is 2.22. The minimum absolute atomic E-state index is 0.00735. The summed E-state index contributed by atoms with van der Waals surface area (Å²) in [6.45, 7) is 2.99. The lowest BCUT2D eigenvalue weighted by molar-refractivity contribution is 0.0304. The second-order valence-electron chi connectivity index (χ2n) is 6.33. The summed E-state index contributed by atoms with van der Waals surface area (Å²) in [4.78, 5) is 23.8. The standard InChI is InChI=1S/C19H21N5O2/c1-23-13-21-18-17(23)15(19(25)24-7-9-26-10-8-24)11-16(22-18)20-12-14-5-3-2-4-6-14/h2-6,11,13H,7-10,12H2,1H3,(H,20,22). The molecule has 1 saturated heterocycles. The number of nitrogens with zero attached hydrogens (tertiary/aromatic N) is 4. The van der Waals surface area contributed by atoms with Crippen LogP contribution in [0.3, 0.4) is 0 Å². The smallest absolute Gasteiger partial charge is 0.256 e. The number of morpholine rings is 1. The first-order valence-corrected chi connectivity index (χ1v) is 8.69. The number of hydrogen-bond donors (Lipinski definition) is 1. The van der Waals surface area contributed by atoms with Crippen LogP contribution in [0.25, 0.3) is 11.2 Å². The van der Waals surface area contributed by atoms with Crippen molar-refractivity contribution >= 4 is 22.9 Å². The van der Waals surface area contributed by atoms with Crippen LogP contribution in [0.4, 0.5) is 5.82 Å². The highest BCUT2D eigenvalue weighted by atomic mass is 16.5. The van der Waals surface area contributed by atoms with Crippen molar-refractivity contribution in [2.24, 2.45) is 7.05 Å². The fraction of sp³-hybridized carbons (Fsp3) is 0.316. The monoisotopic (exact) mass is 351 g/mol. The van der Waals surface area contributed by atoms with Crippen molar-refractivity contribution in [3.8, 4) is 0 Å². The highest BCUT2D eigenvalue weighted by Gasteiger charge is 2.23. The number of amides is 1. The third-order valence-corrected chi connectivity index (χ3v) is 4.53. The van der Waals surface area contributed by atoms with Gasteiger partial charge < -0.3 is 19.5 Å². The highest BCUT2D eigenvalue weighted by molar-refractivity contribution is 6.05. The Bertz CT molecular complexity index is 916. The van der Waals surface area contributed by atoms with Crippen LogP contribution in [-0.4, -0.2) is 51.6 Å². The molecule has 134 valence electrons. The van der Waals surface area contributed by atoms with Gasteiger partial charge in [0.15, 0.2) is 5.65 Å². The Balaban J connectivity index is 1.66. The van der Waals surface area contributed by atoms with E-state index in [1.807, 2.05) is 52.9 Å². The largest absolute Gasteiger partial charge is 0.378 e. The summed E-state index contributed by atoms with van der Waals surface area (Å²) >= 11 is 0. The van der Waals surface area contributed by atoms with Gasteiger partial charge >= 0.3 is 0 Å². The second kappa shape index (κ2) is 7.13. The Morgan fingerprint density at radius 3 is 2.77 bits per heavy atom. The first-order chi connectivity index (χ1) is 12.7. The zero-order valence-corrected chi connectivity index (χ0v) is 14.7. The minimum Gasteiger partial charge on any atom is -0.378 e. The number of aryl methyl sites for hydroxylation is 1. The van der Waals surface area contributed by atoms with Gasteiger partial charge in [-0.3, -0.25) is 4.79 Å². The van der Waals surface area contributed by atoms with Gasteiger partial charge in [0.25, 0.3) is 5.91 Å². The summed E-state index contributed by atoms with van der Waals surface area (Å²) in [7, 11) is 1.88. The van der Waals surface area contributed by atoms with Gasteiger partial charge in [-0.1, -0.05) is 30.3 Å². The molecule has 0 bridgehead atoms. The van der Waals surface area contributed by atoms with Gasteiger partial charge in [-0.05, 0) is 11.6 Å². The van der Waals surface area contributed by atoms with Crippen molar-refractivity contribution in [3.05, 3.63) is 53.9 Å². The third kappa shape index (κ3) is 3.25. The molecule has 0 unspecified atom stereocenters. The van der Waals surface area contributed by atoms with E-state index in [2.05, 4.69) is 15.3 Å². The van der Waals surface area contributed by atoms with E-state index in [1.54, 1.807) is 6.33 Å². The Labute approximate surface area is 151 Å². The van der Waals surface area contributed by atoms with Crippen LogP contribution >= 0.6 is 0 Å². The van der Waals surface area contributed by atoms with Crippen molar-refractivity contribution in [1.82, 2.24) is 19.4 Å². The number of aromatic nitrogens is 3. The lowest BCUT2D eigenvalue weighted by Crippen LogP contribution is -2.40. The molecule has 4 rings (SSSR count). The molecule has 0 aliphatic carbocycles. The number of carbonyl (C=O) groups excluding carboxylic acids is 1. The van der Waals surface area contributed by atoms with Crippen LogP contribution in [0, 0.1) is 0 Å². The average molecular weight is 351 g/mol. The van der Waals surface area contributed by atoms with Gasteiger partial charge in [0.2, 0.25) is 0 Å². The van der Waals surface area contributed by atoms with Crippen LogP contribution in [0.2, 0.25) is 0 Å². The first-order valence-electron chi connectivity index (χ1n) is 8.69. The van der Waals surface area contributed by atoms with Gasteiger partial charge in [-0.2, -0.15) is 0 Å². The molecule has 0 spiro atoms. The molecule has 1 aromatic carbocycles. The van der Waals surface area contributed by atoms with Crippen LogP contribution in [0.5, 0.6) is 0 Å². The molecule has 3 heterocycles. The number of carbonyl (C=O) groups is 1. The summed E-state index contributed by atoms with van der Waals surface area (Å²) in [6.07, 6.45) is 1.69. The number of nitrogens with one attached hydrogen (secondary N) is 1. The predicted octanol–water partition coefficient (Wildman–Crippen LogP) is 2.05. The van der Waals surface area contributed by atoms with Crippen molar-refractivity contribution in [2.45, 2.75) is 6.54 Å². The number of pyridine rings is 1. The predicted molar refractivity (Wildman–Crippen MR) is 99.0 cm³/mol. The van der Waals surface area contributed by atoms with E-state index in [1.165, 1.54) is 0 Å². The zero-order chi connectivity index (χ0) is 17.9. The maximum absolute atomic E-state index is 13.1. The van der Waals surface area contributed by atoms with Crippen LogP contribution in [-0.2, 0) is 18.3 Å². The molecule has 1 aliphatic heterocycles. The number of hydrogen-bond acceptors (Lipinski definition) is 5. The second-order valence-corrected chi connectivity index (χ2v) is 6.33.